The maximum Gasteiger partial charge on any atom is 0.419 e. The van der Waals surface area contributed by atoms with Crippen LogP contribution in [0.4, 0.5) is 17.6 Å². The van der Waals surface area contributed by atoms with Crippen molar-refractivity contribution in [3.8, 4) is 22.3 Å². The molecule has 0 aliphatic heterocycles. The fourth-order valence-corrected chi connectivity index (χ4v) is 3.34. The number of benzene rings is 3. The number of fused-ring (bicyclic) bond motifs is 3. The zero-order valence-electron chi connectivity index (χ0n) is 12.5. The Kier molecular flexibility index (Phi) is 3.23. The molecule has 4 heteroatoms. The van der Waals surface area contributed by atoms with E-state index in [4.69, 9.17) is 0 Å². The van der Waals surface area contributed by atoms with Crippen LogP contribution in [-0.4, -0.2) is 0 Å². The Bertz CT molecular complexity index is 939. The van der Waals surface area contributed by atoms with E-state index in [1.54, 1.807) is 6.07 Å². The Morgan fingerprint density at radius 3 is 2.25 bits per heavy atom. The molecule has 0 amide bonds. The monoisotopic (exact) mass is 328 g/mol. The summed E-state index contributed by atoms with van der Waals surface area (Å²) in [4.78, 5) is 0. The van der Waals surface area contributed by atoms with E-state index in [1.165, 1.54) is 6.07 Å². The van der Waals surface area contributed by atoms with Gasteiger partial charge in [-0.25, -0.2) is 4.39 Å². The molecular weight excluding hydrogens is 316 g/mol. The van der Waals surface area contributed by atoms with E-state index in [1.807, 2.05) is 36.4 Å². The first-order valence-electron chi connectivity index (χ1n) is 7.52. The summed E-state index contributed by atoms with van der Waals surface area (Å²) in [7, 11) is 0. The highest BCUT2D eigenvalue weighted by atomic mass is 19.4. The highest BCUT2D eigenvalue weighted by molar-refractivity contribution is 5.84. The lowest BCUT2D eigenvalue weighted by atomic mass is 9.94. The SMILES string of the molecule is Fc1ccc(-c2cccc3c2Cc2ccccc2-3)cc1C(F)(F)F. The van der Waals surface area contributed by atoms with Crippen molar-refractivity contribution in [2.75, 3.05) is 0 Å². The van der Waals surface area contributed by atoms with E-state index < -0.39 is 17.6 Å². The molecule has 0 N–H and O–H groups in total. The molecule has 0 bridgehead atoms. The van der Waals surface area contributed by atoms with Crippen LogP contribution in [0.5, 0.6) is 0 Å². The largest absolute Gasteiger partial charge is 0.419 e. The van der Waals surface area contributed by atoms with E-state index in [-0.39, 0.29) is 0 Å². The second-order valence-corrected chi connectivity index (χ2v) is 5.86. The van der Waals surface area contributed by atoms with Gasteiger partial charge in [0.25, 0.3) is 0 Å². The van der Waals surface area contributed by atoms with Gasteiger partial charge in [-0.05, 0) is 51.9 Å². The van der Waals surface area contributed by atoms with Crippen molar-refractivity contribution in [3.63, 3.8) is 0 Å². The quantitative estimate of drug-likeness (QED) is 0.371. The van der Waals surface area contributed by atoms with E-state index in [0.29, 0.717) is 17.5 Å². The van der Waals surface area contributed by atoms with Crippen LogP contribution < -0.4 is 0 Å². The minimum atomic E-state index is -4.71. The molecule has 0 unspecified atom stereocenters. The molecule has 0 atom stereocenters. The normalized spacial score (nSPS) is 12.8. The van der Waals surface area contributed by atoms with E-state index in [9.17, 15) is 17.6 Å². The molecule has 0 spiro atoms. The summed E-state index contributed by atoms with van der Waals surface area (Å²) in [6.07, 6.45) is -4.04. The van der Waals surface area contributed by atoms with Crippen molar-refractivity contribution in [2.45, 2.75) is 12.6 Å². The van der Waals surface area contributed by atoms with Crippen LogP contribution in [0.25, 0.3) is 22.3 Å². The summed E-state index contributed by atoms with van der Waals surface area (Å²) in [6, 6.07) is 16.7. The Morgan fingerprint density at radius 2 is 1.46 bits per heavy atom. The molecule has 3 aromatic rings. The molecule has 1 aliphatic rings. The molecule has 120 valence electrons. The summed E-state index contributed by atoms with van der Waals surface area (Å²) in [5.41, 5.74) is 4.14. The summed E-state index contributed by atoms with van der Waals surface area (Å²) >= 11 is 0. The third-order valence-electron chi connectivity index (χ3n) is 4.43. The van der Waals surface area contributed by atoms with Gasteiger partial charge in [-0.2, -0.15) is 13.2 Å². The first-order chi connectivity index (χ1) is 11.4. The van der Waals surface area contributed by atoms with Gasteiger partial charge < -0.3 is 0 Å². The predicted molar refractivity (Wildman–Crippen MR) is 85.1 cm³/mol. The smallest absolute Gasteiger partial charge is 0.206 e. The van der Waals surface area contributed by atoms with Gasteiger partial charge in [-0.3, -0.25) is 0 Å². The minimum absolute atomic E-state index is 0.383. The van der Waals surface area contributed by atoms with Crippen molar-refractivity contribution in [2.24, 2.45) is 0 Å². The van der Waals surface area contributed by atoms with Crippen LogP contribution in [0.15, 0.2) is 60.7 Å². The van der Waals surface area contributed by atoms with Crippen molar-refractivity contribution < 1.29 is 17.6 Å². The average Bonchev–Trinajstić information content (AvgIpc) is 2.93. The predicted octanol–water partition coefficient (Wildman–Crippen LogP) is 6.08. The highest BCUT2D eigenvalue weighted by Gasteiger charge is 2.34. The Labute approximate surface area is 136 Å². The van der Waals surface area contributed by atoms with E-state index in [2.05, 4.69) is 0 Å². The van der Waals surface area contributed by atoms with E-state index >= 15 is 0 Å². The number of hydrogen-bond donors (Lipinski definition) is 0. The lowest BCUT2D eigenvalue weighted by molar-refractivity contribution is -0.139. The van der Waals surface area contributed by atoms with Crippen LogP contribution >= 0.6 is 0 Å². The van der Waals surface area contributed by atoms with Crippen LogP contribution in [0.2, 0.25) is 0 Å². The molecule has 0 aromatic heterocycles. The molecule has 0 radical (unpaired) electrons. The lowest BCUT2D eigenvalue weighted by Gasteiger charge is -2.13. The Hall–Kier alpha value is -2.62. The summed E-state index contributed by atoms with van der Waals surface area (Å²) in [5, 5.41) is 0. The first-order valence-corrected chi connectivity index (χ1v) is 7.52. The molecule has 0 fully saturated rings. The third kappa shape index (κ3) is 2.30. The fraction of sp³-hybridized carbons (Fsp3) is 0.100. The summed E-state index contributed by atoms with van der Waals surface area (Å²) in [6.45, 7) is 0. The molecule has 0 saturated carbocycles. The zero-order valence-corrected chi connectivity index (χ0v) is 12.5. The Balaban J connectivity index is 1.89. The van der Waals surface area contributed by atoms with Crippen LogP contribution in [-0.2, 0) is 12.6 Å². The third-order valence-corrected chi connectivity index (χ3v) is 4.43. The summed E-state index contributed by atoms with van der Waals surface area (Å²) in [5.74, 6) is -1.25. The van der Waals surface area contributed by atoms with Gasteiger partial charge >= 0.3 is 6.18 Å². The Morgan fingerprint density at radius 1 is 0.750 bits per heavy atom. The van der Waals surface area contributed by atoms with Gasteiger partial charge in [0.2, 0.25) is 0 Å². The zero-order chi connectivity index (χ0) is 16.9. The minimum Gasteiger partial charge on any atom is -0.206 e. The molecular formula is C20H12F4. The number of halogens is 4. The van der Waals surface area contributed by atoms with Crippen LogP contribution in [0, 0.1) is 5.82 Å². The average molecular weight is 328 g/mol. The van der Waals surface area contributed by atoms with Crippen LogP contribution in [0.1, 0.15) is 16.7 Å². The van der Waals surface area contributed by atoms with Crippen molar-refractivity contribution in [1.29, 1.82) is 0 Å². The van der Waals surface area contributed by atoms with Gasteiger partial charge in [0, 0.05) is 0 Å². The lowest BCUT2D eigenvalue weighted by Crippen LogP contribution is -2.08. The number of hydrogen-bond acceptors (Lipinski definition) is 0. The van der Waals surface area contributed by atoms with Crippen molar-refractivity contribution in [3.05, 3.63) is 83.2 Å². The van der Waals surface area contributed by atoms with Crippen molar-refractivity contribution >= 4 is 0 Å². The van der Waals surface area contributed by atoms with E-state index in [0.717, 1.165) is 34.4 Å². The highest BCUT2D eigenvalue weighted by Crippen LogP contribution is 2.42. The maximum atomic E-state index is 13.6. The van der Waals surface area contributed by atoms with Gasteiger partial charge in [0.15, 0.2) is 0 Å². The first kappa shape index (κ1) is 14.9. The standard InChI is InChI=1S/C20H12F4/c21-19-9-8-13(11-18(19)20(22,23)24)15-6-3-7-16-14-5-2-1-4-12(14)10-17(15)16/h1-9,11H,10H2. The maximum absolute atomic E-state index is 13.6. The fourth-order valence-electron chi connectivity index (χ4n) is 3.34. The summed E-state index contributed by atoms with van der Waals surface area (Å²) < 4.78 is 52.5. The molecule has 24 heavy (non-hydrogen) atoms. The molecule has 0 nitrogen and oxygen atoms in total. The number of rotatable bonds is 1. The second-order valence-electron chi connectivity index (χ2n) is 5.86. The molecule has 1 aliphatic carbocycles. The molecule has 4 rings (SSSR count). The number of alkyl halides is 3. The van der Waals surface area contributed by atoms with Crippen molar-refractivity contribution in [1.82, 2.24) is 0 Å². The molecule has 3 aromatic carbocycles. The second kappa shape index (κ2) is 5.20. The molecule has 0 heterocycles. The topological polar surface area (TPSA) is 0 Å². The van der Waals surface area contributed by atoms with Gasteiger partial charge in [0.05, 0.1) is 5.56 Å². The van der Waals surface area contributed by atoms with Gasteiger partial charge in [-0.15, -0.1) is 0 Å². The molecule has 0 saturated heterocycles. The van der Waals surface area contributed by atoms with Gasteiger partial charge in [0.1, 0.15) is 5.82 Å². The van der Waals surface area contributed by atoms with Crippen LogP contribution in [0.3, 0.4) is 0 Å². The van der Waals surface area contributed by atoms with Gasteiger partial charge in [-0.1, -0.05) is 48.5 Å².